The van der Waals surface area contributed by atoms with Crippen LogP contribution in [0.1, 0.15) is 6.92 Å². The molecular weight excluding hydrogens is 106 g/mol. The molecule has 46 valence electrons. The molecule has 0 aromatic carbocycles. The lowest BCUT2D eigenvalue weighted by atomic mass is 10.9. The normalized spacial score (nSPS) is 16.9. The summed E-state index contributed by atoms with van der Waals surface area (Å²) in [6.07, 6.45) is 3.50. The molecule has 1 rings (SSSR count). The molecule has 0 bridgehead atoms. The van der Waals surface area contributed by atoms with Gasteiger partial charge in [0.05, 0.1) is 12.8 Å². The fraction of sp³-hybridized carbons (Fsp3) is 0.500. The van der Waals surface area contributed by atoms with E-state index in [-0.39, 0.29) is 0 Å². The van der Waals surface area contributed by atoms with E-state index in [0.717, 1.165) is 0 Å². The number of nitrogens with zero attached hydrogens (tertiary/aromatic N) is 1. The van der Waals surface area contributed by atoms with E-state index in [1.807, 2.05) is 6.92 Å². The third-order valence-corrected chi connectivity index (χ3v) is 0.736. The fourth-order valence-electron chi connectivity index (χ4n) is 0.458. The molecule has 0 unspecified atom stereocenters. The van der Waals surface area contributed by atoms with Gasteiger partial charge in [0.25, 0.3) is 0 Å². The summed E-state index contributed by atoms with van der Waals surface area (Å²) >= 11 is 0. The van der Waals surface area contributed by atoms with Crippen LogP contribution in [0.4, 0.5) is 0 Å². The Kier molecular flexibility index (Phi) is 1.71. The number of hydrogen-bond acceptors (Lipinski definition) is 4. The molecule has 4 heteroatoms. The lowest BCUT2D eigenvalue weighted by Crippen LogP contribution is -2.35. The quantitative estimate of drug-likeness (QED) is 0.519. The van der Waals surface area contributed by atoms with Gasteiger partial charge in [-0.05, 0) is 6.92 Å². The van der Waals surface area contributed by atoms with Crippen molar-refractivity contribution in [1.82, 2.24) is 16.1 Å². The molecule has 8 heavy (non-hydrogen) atoms. The van der Waals surface area contributed by atoms with E-state index in [4.69, 9.17) is 4.84 Å². The largest absolute Gasteiger partial charge is 0.308 e. The molecule has 0 saturated carbocycles. The van der Waals surface area contributed by atoms with E-state index in [2.05, 4.69) is 11.0 Å². The Morgan fingerprint density at radius 3 is 3.12 bits per heavy atom. The minimum absolute atomic E-state index is 0.666. The highest BCUT2D eigenvalue weighted by Gasteiger charge is 1.98. The Morgan fingerprint density at radius 2 is 2.62 bits per heavy atom. The molecule has 0 spiro atoms. The lowest BCUT2D eigenvalue weighted by Gasteiger charge is -2.11. The van der Waals surface area contributed by atoms with Gasteiger partial charge in [-0.2, -0.15) is 5.17 Å². The lowest BCUT2D eigenvalue weighted by molar-refractivity contribution is -0.151. The summed E-state index contributed by atoms with van der Waals surface area (Å²) in [6, 6.07) is 0. The standard InChI is InChI=1S/C4H9N3O/c1-2-8-7-4-3-5-6-7/h3-6H,2H2,1H3. The highest BCUT2D eigenvalue weighted by molar-refractivity contribution is 4.77. The molecule has 1 aliphatic heterocycles. The van der Waals surface area contributed by atoms with Crippen LogP contribution in [0.5, 0.6) is 0 Å². The molecule has 2 N–H and O–H groups in total. The molecule has 1 aliphatic rings. The maximum Gasteiger partial charge on any atom is 0.0738 e. The average molecular weight is 115 g/mol. The summed E-state index contributed by atoms with van der Waals surface area (Å²) < 4.78 is 0. The van der Waals surface area contributed by atoms with Crippen molar-refractivity contribution in [2.75, 3.05) is 6.61 Å². The Hall–Kier alpha value is -0.740. The van der Waals surface area contributed by atoms with Crippen LogP contribution in [-0.4, -0.2) is 11.8 Å². The van der Waals surface area contributed by atoms with E-state index in [1.54, 1.807) is 12.4 Å². The maximum atomic E-state index is 4.98. The van der Waals surface area contributed by atoms with Gasteiger partial charge in [0.1, 0.15) is 0 Å². The van der Waals surface area contributed by atoms with Crippen LogP contribution >= 0.6 is 0 Å². The Bertz CT molecular complexity index is 93.3. The third-order valence-electron chi connectivity index (χ3n) is 0.736. The Labute approximate surface area is 48.0 Å². The van der Waals surface area contributed by atoms with Crippen molar-refractivity contribution < 1.29 is 4.84 Å². The predicted molar refractivity (Wildman–Crippen MR) is 28.9 cm³/mol. The Balaban J connectivity index is 2.16. The summed E-state index contributed by atoms with van der Waals surface area (Å²) in [5.41, 5.74) is 5.44. The van der Waals surface area contributed by atoms with Gasteiger partial charge < -0.3 is 5.43 Å². The summed E-state index contributed by atoms with van der Waals surface area (Å²) in [7, 11) is 0. The van der Waals surface area contributed by atoms with Gasteiger partial charge in [-0.25, -0.2) is 0 Å². The van der Waals surface area contributed by atoms with Crippen molar-refractivity contribution in [3.05, 3.63) is 12.4 Å². The van der Waals surface area contributed by atoms with Crippen LogP contribution in [0, 0.1) is 0 Å². The highest BCUT2D eigenvalue weighted by Crippen LogP contribution is 1.87. The van der Waals surface area contributed by atoms with Crippen LogP contribution in [0.3, 0.4) is 0 Å². The molecule has 0 radical (unpaired) electrons. The third kappa shape index (κ3) is 1.11. The van der Waals surface area contributed by atoms with Crippen LogP contribution in [0.25, 0.3) is 0 Å². The van der Waals surface area contributed by atoms with E-state index < -0.39 is 0 Å². The summed E-state index contributed by atoms with van der Waals surface area (Å²) in [6.45, 7) is 2.59. The molecule has 0 fully saturated rings. The van der Waals surface area contributed by atoms with Gasteiger partial charge in [0.15, 0.2) is 0 Å². The van der Waals surface area contributed by atoms with Crippen molar-refractivity contribution >= 4 is 0 Å². The van der Waals surface area contributed by atoms with Crippen LogP contribution < -0.4 is 11.0 Å². The van der Waals surface area contributed by atoms with Crippen LogP contribution in [0.15, 0.2) is 12.4 Å². The smallest absolute Gasteiger partial charge is 0.0738 e. The first-order valence-corrected chi connectivity index (χ1v) is 2.53. The predicted octanol–water partition coefficient (Wildman–Crippen LogP) is -0.266. The van der Waals surface area contributed by atoms with Crippen LogP contribution in [-0.2, 0) is 4.84 Å². The van der Waals surface area contributed by atoms with E-state index >= 15 is 0 Å². The minimum atomic E-state index is 0.666. The molecule has 0 aliphatic carbocycles. The first kappa shape index (κ1) is 5.40. The van der Waals surface area contributed by atoms with Crippen molar-refractivity contribution in [3.63, 3.8) is 0 Å². The first-order chi connectivity index (χ1) is 3.93. The maximum absolute atomic E-state index is 4.98. The second-order valence-corrected chi connectivity index (χ2v) is 1.32. The minimum Gasteiger partial charge on any atom is -0.308 e. The number of hydroxylamine groups is 1. The first-order valence-electron chi connectivity index (χ1n) is 2.53. The summed E-state index contributed by atoms with van der Waals surface area (Å²) in [4.78, 5) is 4.98. The topological polar surface area (TPSA) is 36.5 Å². The number of rotatable bonds is 2. The van der Waals surface area contributed by atoms with Crippen molar-refractivity contribution in [2.24, 2.45) is 0 Å². The van der Waals surface area contributed by atoms with E-state index in [1.165, 1.54) is 5.17 Å². The summed E-state index contributed by atoms with van der Waals surface area (Å²) in [5, 5.41) is 1.50. The molecule has 4 nitrogen and oxygen atoms in total. The number of hydrazine groups is 2. The second-order valence-electron chi connectivity index (χ2n) is 1.32. The van der Waals surface area contributed by atoms with E-state index in [9.17, 15) is 0 Å². The number of hydrogen-bond donors (Lipinski definition) is 2. The molecule has 0 aromatic heterocycles. The second kappa shape index (κ2) is 2.54. The van der Waals surface area contributed by atoms with Crippen molar-refractivity contribution in [1.29, 1.82) is 0 Å². The molecular formula is C4H9N3O. The molecule has 0 aromatic rings. The Morgan fingerprint density at radius 1 is 1.75 bits per heavy atom. The zero-order valence-electron chi connectivity index (χ0n) is 4.72. The van der Waals surface area contributed by atoms with Gasteiger partial charge in [-0.15, -0.1) is 5.53 Å². The van der Waals surface area contributed by atoms with Gasteiger partial charge in [-0.1, -0.05) is 0 Å². The SMILES string of the molecule is CCON1C=CNN1. The van der Waals surface area contributed by atoms with Crippen LogP contribution in [0.2, 0.25) is 0 Å². The molecule has 0 atom stereocenters. The van der Waals surface area contributed by atoms with Gasteiger partial charge in [-0.3, -0.25) is 4.84 Å². The highest BCUT2D eigenvalue weighted by atomic mass is 16.7. The molecule has 0 saturated heterocycles. The van der Waals surface area contributed by atoms with Crippen molar-refractivity contribution in [3.8, 4) is 0 Å². The van der Waals surface area contributed by atoms with Crippen molar-refractivity contribution in [2.45, 2.75) is 6.92 Å². The zero-order chi connectivity index (χ0) is 5.82. The van der Waals surface area contributed by atoms with Gasteiger partial charge >= 0.3 is 0 Å². The summed E-state index contributed by atoms with van der Waals surface area (Å²) in [5.74, 6) is 0. The average Bonchev–Trinajstić information content (AvgIpc) is 2.19. The van der Waals surface area contributed by atoms with Gasteiger partial charge in [0, 0.05) is 6.20 Å². The van der Waals surface area contributed by atoms with Gasteiger partial charge in [0.2, 0.25) is 0 Å². The zero-order valence-corrected chi connectivity index (χ0v) is 4.72. The molecule has 1 heterocycles. The fourth-order valence-corrected chi connectivity index (χ4v) is 0.458. The van der Waals surface area contributed by atoms with E-state index in [0.29, 0.717) is 6.61 Å². The monoisotopic (exact) mass is 115 g/mol. The number of nitrogens with one attached hydrogen (secondary N) is 2. The molecule has 0 amide bonds.